The third-order valence-corrected chi connectivity index (χ3v) is 2.72. The summed E-state index contributed by atoms with van der Waals surface area (Å²) in [7, 11) is 2.98. The van der Waals surface area contributed by atoms with E-state index in [1.807, 2.05) is 0 Å². The van der Waals surface area contributed by atoms with Gasteiger partial charge in [-0.3, -0.25) is 9.59 Å². The Labute approximate surface area is 130 Å². The molecule has 0 heterocycles. The van der Waals surface area contributed by atoms with Crippen molar-refractivity contribution in [2.45, 2.75) is 6.18 Å². The molecule has 0 unspecified atom stereocenters. The number of alkyl halides is 3. The zero-order chi connectivity index (χ0) is 17.6. The third-order valence-electron chi connectivity index (χ3n) is 2.72. The number of rotatable bonds is 5. The summed E-state index contributed by atoms with van der Waals surface area (Å²) in [5, 5.41) is 2.19. The first-order valence-corrected chi connectivity index (χ1v) is 6.43. The minimum atomic E-state index is -4.71. The summed E-state index contributed by atoms with van der Waals surface area (Å²) in [6, 6.07) is 4.09. The normalized spacial score (nSPS) is 10.8. The summed E-state index contributed by atoms with van der Waals surface area (Å²) in [5.41, 5.74) is -1.83. The number of likely N-dealkylation sites (N-methyl/N-ethyl adjacent to an activating group) is 1. The lowest BCUT2D eigenvalue weighted by atomic mass is 10.1. The molecular formula is C14H15F3N2O4. The van der Waals surface area contributed by atoms with Crippen molar-refractivity contribution in [3.05, 3.63) is 35.4 Å². The number of nitrogens with zero attached hydrogens (tertiary/aromatic N) is 1. The second-order valence-electron chi connectivity index (χ2n) is 4.68. The van der Waals surface area contributed by atoms with Crippen LogP contribution < -0.4 is 5.32 Å². The SMILES string of the molecule is CN(C)C(=O)CNC(=O)COC(=O)c1ccccc1C(F)(F)F. The second-order valence-corrected chi connectivity index (χ2v) is 4.68. The van der Waals surface area contributed by atoms with Gasteiger partial charge in [-0.25, -0.2) is 4.79 Å². The molecule has 0 radical (unpaired) electrons. The van der Waals surface area contributed by atoms with Crippen LogP contribution in [-0.2, 0) is 20.5 Å². The zero-order valence-corrected chi connectivity index (χ0v) is 12.4. The van der Waals surface area contributed by atoms with Crippen LogP contribution in [0.25, 0.3) is 0 Å². The van der Waals surface area contributed by atoms with Crippen molar-refractivity contribution < 1.29 is 32.3 Å². The molecule has 126 valence electrons. The van der Waals surface area contributed by atoms with Crippen LogP contribution in [0.5, 0.6) is 0 Å². The molecule has 1 rings (SSSR count). The van der Waals surface area contributed by atoms with Crippen LogP contribution >= 0.6 is 0 Å². The lowest BCUT2D eigenvalue weighted by molar-refractivity contribution is -0.138. The van der Waals surface area contributed by atoms with Crippen molar-refractivity contribution in [3.8, 4) is 0 Å². The van der Waals surface area contributed by atoms with Gasteiger partial charge in [0.15, 0.2) is 6.61 Å². The molecule has 0 saturated carbocycles. The molecule has 9 heteroatoms. The molecule has 1 aromatic carbocycles. The monoisotopic (exact) mass is 332 g/mol. The minimum Gasteiger partial charge on any atom is -0.452 e. The van der Waals surface area contributed by atoms with Gasteiger partial charge in [0.25, 0.3) is 5.91 Å². The van der Waals surface area contributed by atoms with Crippen molar-refractivity contribution >= 4 is 17.8 Å². The van der Waals surface area contributed by atoms with Gasteiger partial charge in [-0.2, -0.15) is 13.2 Å². The van der Waals surface area contributed by atoms with E-state index in [1.54, 1.807) is 0 Å². The summed E-state index contributed by atoms with van der Waals surface area (Å²) in [4.78, 5) is 35.6. The van der Waals surface area contributed by atoms with Crippen molar-refractivity contribution in [1.82, 2.24) is 10.2 Å². The van der Waals surface area contributed by atoms with Crippen LogP contribution in [-0.4, -0.2) is 49.9 Å². The lowest BCUT2D eigenvalue weighted by Crippen LogP contribution is -2.38. The number of benzene rings is 1. The lowest BCUT2D eigenvalue weighted by Gasteiger charge is -2.13. The molecular weight excluding hydrogens is 317 g/mol. The first-order valence-electron chi connectivity index (χ1n) is 6.43. The molecule has 0 bridgehead atoms. The van der Waals surface area contributed by atoms with Gasteiger partial charge in [-0.05, 0) is 12.1 Å². The predicted molar refractivity (Wildman–Crippen MR) is 73.4 cm³/mol. The first-order chi connectivity index (χ1) is 10.6. The molecule has 0 aliphatic rings. The third kappa shape index (κ3) is 5.61. The van der Waals surface area contributed by atoms with Crippen LogP contribution in [0.15, 0.2) is 24.3 Å². The second kappa shape index (κ2) is 7.61. The predicted octanol–water partition coefficient (Wildman–Crippen LogP) is 1.07. The first kappa shape index (κ1) is 18.5. The number of hydrogen-bond donors (Lipinski definition) is 1. The summed E-state index contributed by atoms with van der Waals surface area (Å²) >= 11 is 0. The average molecular weight is 332 g/mol. The number of carbonyl (C=O) groups is 3. The van der Waals surface area contributed by atoms with Crippen LogP contribution in [0, 0.1) is 0 Å². The maximum absolute atomic E-state index is 12.8. The number of carbonyl (C=O) groups excluding carboxylic acids is 3. The van der Waals surface area contributed by atoms with Crippen molar-refractivity contribution in [2.75, 3.05) is 27.2 Å². The summed E-state index contributed by atoms with van der Waals surface area (Å²) in [5.74, 6) is -2.45. The Morgan fingerprint density at radius 1 is 1.17 bits per heavy atom. The quantitative estimate of drug-likeness (QED) is 0.819. The van der Waals surface area contributed by atoms with Gasteiger partial charge in [0.1, 0.15) is 0 Å². The van der Waals surface area contributed by atoms with Gasteiger partial charge in [0, 0.05) is 14.1 Å². The van der Waals surface area contributed by atoms with Crippen LogP contribution in [0.1, 0.15) is 15.9 Å². The van der Waals surface area contributed by atoms with Gasteiger partial charge in [-0.15, -0.1) is 0 Å². The van der Waals surface area contributed by atoms with Gasteiger partial charge in [-0.1, -0.05) is 12.1 Å². The van der Waals surface area contributed by atoms with Crippen LogP contribution in [0.2, 0.25) is 0 Å². The topological polar surface area (TPSA) is 75.7 Å². The Morgan fingerprint density at radius 3 is 2.35 bits per heavy atom. The minimum absolute atomic E-state index is 0.303. The van der Waals surface area contributed by atoms with E-state index in [1.165, 1.54) is 25.1 Å². The largest absolute Gasteiger partial charge is 0.452 e. The highest BCUT2D eigenvalue weighted by Gasteiger charge is 2.35. The molecule has 0 fully saturated rings. The highest BCUT2D eigenvalue weighted by atomic mass is 19.4. The molecule has 0 aromatic heterocycles. The van der Waals surface area contributed by atoms with Crippen molar-refractivity contribution in [1.29, 1.82) is 0 Å². The van der Waals surface area contributed by atoms with E-state index < -0.39 is 35.8 Å². The molecule has 0 aliphatic heterocycles. The number of ether oxygens (including phenoxy) is 1. The maximum Gasteiger partial charge on any atom is 0.417 e. The molecule has 0 aliphatic carbocycles. The van der Waals surface area contributed by atoms with Gasteiger partial charge in [0.2, 0.25) is 5.91 Å². The van der Waals surface area contributed by atoms with Crippen molar-refractivity contribution in [2.24, 2.45) is 0 Å². The highest BCUT2D eigenvalue weighted by Crippen LogP contribution is 2.32. The Kier molecular flexibility index (Phi) is 6.11. The molecule has 1 aromatic rings. The number of halogens is 3. The Hall–Kier alpha value is -2.58. The van der Waals surface area contributed by atoms with E-state index in [-0.39, 0.29) is 12.5 Å². The summed E-state index contributed by atoms with van der Waals surface area (Å²) in [6.45, 7) is -1.09. The van der Waals surface area contributed by atoms with E-state index in [2.05, 4.69) is 10.1 Å². The van der Waals surface area contributed by atoms with E-state index in [4.69, 9.17) is 0 Å². The molecule has 0 atom stereocenters. The van der Waals surface area contributed by atoms with Gasteiger partial charge >= 0.3 is 12.1 Å². The van der Waals surface area contributed by atoms with E-state index in [0.29, 0.717) is 0 Å². The zero-order valence-electron chi connectivity index (χ0n) is 12.4. The van der Waals surface area contributed by atoms with E-state index >= 15 is 0 Å². The number of nitrogens with one attached hydrogen (secondary N) is 1. The Morgan fingerprint density at radius 2 is 1.78 bits per heavy atom. The van der Waals surface area contributed by atoms with E-state index in [0.717, 1.165) is 18.2 Å². The molecule has 6 nitrogen and oxygen atoms in total. The molecule has 0 saturated heterocycles. The Bertz CT molecular complexity index is 600. The Balaban J connectivity index is 2.61. The molecule has 1 N–H and O–H groups in total. The van der Waals surface area contributed by atoms with Crippen LogP contribution in [0.4, 0.5) is 13.2 Å². The maximum atomic E-state index is 12.8. The molecule has 23 heavy (non-hydrogen) atoms. The summed E-state index contributed by atoms with van der Waals surface area (Å²) in [6.07, 6.45) is -4.71. The molecule has 2 amide bonds. The highest BCUT2D eigenvalue weighted by molar-refractivity contribution is 5.93. The standard InChI is InChI=1S/C14H15F3N2O4/c1-19(2)12(21)7-18-11(20)8-23-13(22)9-5-3-4-6-10(9)14(15,16)17/h3-6H,7-8H2,1-2H3,(H,18,20). The number of amides is 2. The average Bonchev–Trinajstić information content (AvgIpc) is 2.49. The van der Waals surface area contributed by atoms with Gasteiger partial charge < -0.3 is 15.0 Å². The van der Waals surface area contributed by atoms with Crippen molar-refractivity contribution in [3.63, 3.8) is 0 Å². The fourth-order valence-electron chi connectivity index (χ4n) is 1.50. The number of esters is 1. The fraction of sp³-hybridized carbons (Fsp3) is 0.357. The van der Waals surface area contributed by atoms with Crippen LogP contribution in [0.3, 0.4) is 0 Å². The summed E-state index contributed by atoms with van der Waals surface area (Å²) < 4.78 is 42.8. The molecule has 0 spiro atoms. The number of hydrogen-bond acceptors (Lipinski definition) is 4. The fourth-order valence-corrected chi connectivity index (χ4v) is 1.50. The smallest absolute Gasteiger partial charge is 0.417 e. The van der Waals surface area contributed by atoms with E-state index in [9.17, 15) is 27.6 Å². The van der Waals surface area contributed by atoms with Gasteiger partial charge in [0.05, 0.1) is 17.7 Å².